The number of hydrogen-bond acceptors (Lipinski definition) is 6. The van der Waals surface area contributed by atoms with E-state index in [1.807, 2.05) is 19.1 Å². The van der Waals surface area contributed by atoms with Crippen molar-refractivity contribution in [3.63, 3.8) is 0 Å². The number of anilines is 1. The molecule has 0 fully saturated rings. The topological polar surface area (TPSA) is 97.2 Å². The second kappa shape index (κ2) is 8.02. The van der Waals surface area contributed by atoms with Crippen molar-refractivity contribution in [1.82, 2.24) is 10.3 Å². The van der Waals surface area contributed by atoms with Gasteiger partial charge in [0, 0.05) is 28.6 Å². The Morgan fingerprint density at radius 1 is 1.22 bits per heavy atom. The number of carbonyl (C=O) groups excluding carboxylic acids is 1. The Labute approximate surface area is 164 Å². The van der Waals surface area contributed by atoms with Gasteiger partial charge in [0.25, 0.3) is 11.6 Å². The standard InChI is InChI=1S/C18H14N4O3S2/c1-11-5-7-12(8-6-11)16(23)20-17(26)21-18-19-15(10-27-18)13-3-2-4-14(9-13)22(24)25/h2-10H,1H3,(H2,19,20,21,23,26). The van der Waals surface area contributed by atoms with Gasteiger partial charge in [0.2, 0.25) is 0 Å². The summed E-state index contributed by atoms with van der Waals surface area (Å²) >= 11 is 6.43. The van der Waals surface area contributed by atoms with Crippen LogP contribution in [0.5, 0.6) is 0 Å². The molecule has 0 bridgehead atoms. The number of nitro groups is 1. The predicted molar refractivity (Wildman–Crippen MR) is 109 cm³/mol. The summed E-state index contributed by atoms with van der Waals surface area (Å²) in [5.74, 6) is -0.317. The van der Waals surface area contributed by atoms with Crippen molar-refractivity contribution in [3.8, 4) is 11.3 Å². The molecule has 0 radical (unpaired) electrons. The summed E-state index contributed by atoms with van der Waals surface area (Å²) in [4.78, 5) is 27.0. The van der Waals surface area contributed by atoms with Crippen LogP contribution in [0.3, 0.4) is 0 Å². The molecular weight excluding hydrogens is 384 g/mol. The van der Waals surface area contributed by atoms with Crippen molar-refractivity contribution in [2.24, 2.45) is 0 Å². The molecule has 7 nitrogen and oxygen atoms in total. The molecule has 1 aromatic heterocycles. The molecule has 0 atom stereocenters. The van der Waals surface area contributed by atoms with Crippen molar-refractivity contribution in [2.45, 2.75) is 6.92 Å². The van der Waals surface area contributed by atoms with E-state index in [4.69, 9.17) is 12.2 Å². The second-order valence-corrected chi connectivity index (χ2v) is 6.89. The van der Waals surface area contributed by atoms with Gasteiger partial charge in [0.1, 0.15) is 0 Å². The number of amides is 1. The van der Waals surface area contributed by atoms with Crippen LogP contribution in [-0.4, -0.2) is 20.9 Å². The van der Waals surface area contributed by atoms with Crippen LogP contribution >= 0.6 is 23.6 Å². The summed E-state index contributed by atoms with van der Waals surface area (Å²) < 4.78 is 0. The number of nitro benzene ring substituents is 1. The third-order valence-electron chi connectivity index (χ3n) is 3.62. The first kappa shape index (κ1) is 18.6. The molecule has 2 aromatic carbocycles. The van der Waals surface area contributed by atoms with E-state index < -0.39 is 4.92 Å². The summed E-state index contributed by atoms with van der Waals surface area (Å²) in [5.41, 5.74) is 2.77. The lowest BCUT2D eigenvalue weighted by Crippen LogP contribution is -2.34. The van der Waals surface area contributed by atoms with Crippen molar-refractivity contribution in [2.75, 3.05) is 5.32 Å². The fourth-order valence-electron chi connectivity index (χ4n) is 2.25. The molecule has 136 valence electrons. The van der Waals surface area contributed by atoms with Gasteiger partial charge in [-0.2, -0.15) is 0 Å². The highest BCUT2D eigenvalue weighted by Gasteiger charge is 2.12. The summed E-state index contributed by atoms with van der Waals surface area (Å²) in [6.45, 7) is 1.94. The monoisotopic (exact) mass is 398 g/mol. The fourth-order valence-corrected chi connectivity index (χ4v) is 3.23. The molecule has 9 heteroatoms. The molecule has 3 aromatic rings. The SMILES string of the molecule is Cc1ccc(C(=O)NC(=S)Nc2nc(-c3cccc([N+](=O)[O-])c3)cs2)cc1. The zero-order chi connectivity index (χ0) is 19.4. The number of aromatic nitrogens is 1. The van der Waals surface area contributed by atoms with Gasteiger partial charge in [-0.25, -0.2) is 4.98 Å². The molecule has 0 aliphatic heterocycles. The fraction of sp³-hybridized carbons (Fsp3) is 0.0556. The van der Waals surface area contributed by atoms with Crippen LogP contribution in [0.4, 0.5) is 10.8 Å². The van der Waals surface area contributed by atoms with Crippen LogP contribution in [0.15, 0.2) is 53.9 Å². The average molecular weight is 398 g/mol. The van der Waals surface area contributed by atoms with Gasteiger partial charge in [-0.05, 0) is 31.3 Å². The quantitative estimate of drug-likeness (QED) is 0.389. The number of non-ortho nitro benzene ring substituents is 1. The zero-order valence-corrected chi connectivity index (χ0v) is 15.8. The van der Waals surface area contributed by atoms with Crippen molar-refractivity contribution in [3.05, 3.63) is 75.2 Å². The van der Waals surface area contributed by atoms with E-state index in [0.29, 0.717) is 22.0 Å². The first-order valence-corrected chi connectivity index (χ1v) is 9.10. The minimum Gasteiger partial charge on any atom is -0.308 e. The van der Waals surface area contributed by atoms with Crippen LogP contribution in [0, 0.1) is 17.0 Å². The Hall–Kier alpha value is -3.17. The Morgan fingerprint density at radius 2 is 1.96 bits per heavy atom. The number of nitrogens with one attached hydrogen (secondary N) is 2. The second-order valence-electron chi connectivity index (χ2n) is 5.62. The number of hydrogen-bond donors (Lipinski definition) is 2. The van der Waals surface area contributed by atoms with Gasteiger partial charge in [0.05, 0.1) is 10.6 Å². The molecule has 1 heterocycles. The molecule has 0 unspecified atom stereocenters. The lowest BCUT2D eigenvalue weighted by molar-refractivity contribution is -0.384. The van der Waals surface area contributed by atoms with Crippen LogP contribution in [0.25, 0.3) is 11.3 Å². The van der Waals surface area contributed by atoms with E-state index in [1.165, 1.54) is 23.5 Å². The predicted octanol–water partition coefficient (Wildman–Crippen LogP) is 4.15. The Morgan fingerprint density at radius 3 is 2.67 bits per heavy atom. The van der Waals surface area contributed by atoms with Crippen molar-refractivity contribution >= 4 is 45.4 Å². The molecule has 3 rings (SSSR count). The number of carbonyl (C=O) groups is 1. The van der Waals surface area contributed by atoms with Crippen LogP contribution < -0.4 is 10.6 Å². The summed E-state index contributed by atoms with van der Waals surface area (Å²) in [5, 5.41) is 18.7. The Balaban J connectivity index is 1.66. The van der Waals surface area contributed by atoms with Gasteiger partial charge < -0.3 is 5.32 Å². The minimum atomic E-state index is -0.454. The molecular formula is C18H14N4O3S2. The van der Waals surface area contributed by atoms with Gasteiger partial charge in [0.15, 0.2) is 10.2 Å². The normalized spacial score (nSPS) is 10.3. The van der Waals surface area contributed by atoms with Crippen molar-refractivity contribution < 1.29 is 9.72 Å². The van der Waals surface area contributed by atoms with Gasteiger partial charge in [-0.1, -0.05) is 29.8 Å². The Kier molecular flexibility index (Phi) is 5.53. The highest BCUT2D eigenvalue weighted by molar-refractivity contribution is 7.80. The minimum absolute atomic E-state index is 0.00380. The van der Waals surface area contributed by atoms with E-state index in [9.17, 15) is 14.9 Å². The summed E-state index contributed by atoms with van der Waals surface area (Å²) in [7, 11) is 0. The lowest BCUT2D eigenvalue weighted by atomic mass is 10.1. The number of thiazole rings is 1. The number of benzene rings is 2. The zero-order valence-electron chi connectivity index (χ0n) is 14.1. The van der Waals surface area contributed by atoms with Gasteiger partial charge in [-0.15, -0.1) is 11.3 Å². The van der Waals surface area contributed by atoms with E-state index in [2.05, 4.69) is 15.6 Å². The van der Waals surface area contributed by atoms with Gasteiger partial charge >= 0.3 is 0 Å². The molecule has 1 amide bonds. The van der Waals surface area contributed by atoms with E-state index in [-0.39, 0.29) is 16.7 Å². The van der Waals surface area contributed by atoms with Crippen molar-refractivity contribution in [1.29, 1.82) is 0 Å². The third kappa shape index (κ3) is 4.72. The van der Waals surface area contributed by atoms with E-state index >= 15 is 0 Å². The first-order chi connectivity index (χ1) is 12.9. The van der Waals surface area contributed by atoms with Crippen LogP contribution in [-0.2, 0) is 0 Å². The number of thiocarbonyl (C=S) groups is 1. The largest absolute Gasteiger partial charge is 0.308 e. The summed E-state index contributed by atoms with van der Waals surface area (Å²) in [6, 6.07) is 13.3. The maximum atomic E-state index is 12.2. The highest BCUT2D eigenvalue weighted by atomic mass is 32.1. The highest BCUT2D eigenvalue weighted by Crippen LogP contribution is 2.27. The number of nitrogens with zero attached hydrogens (tertiary/aromatic N) is 2. The smallest absolute Gasteiger partial charge is 0.270 e. The van der Waals surface area contributed by atoms with Crippen LogP contribution in [0.1, 0.15) is 15.9 Å². The van der Waals surface area contributed by atoms with E-state index in [0.717, 1.165) is 5.56 Å². The molecule has 0 aliphatic carbocycles. The third-order valence-corrected chi connectivity index (χ3v) is 4.58. The van der Waals surface area contributed by atoms with E-state index in [1.54, 1.807) is 29.6 Å². The molecule has 0 saturated carbocycles. The summed E-state index contributed by atoms with van der Waals surface area (Å²) in [6.07, 6.45) is 0. The molecule has 2 N–H and O–H groups in total. The lowest BCUT2D eigenvalue weighted by Gasteiger charge is -2.07. The average Bonchev–Trinajstić information content (AvgIpc) is 3.10. The number of aryl methyl sites for hydroxylation is 1. The first-order valence-electron chi connectivity index (χ1n) is 7.82. The number of rotatable bonds is 4. The maximum absolute atomic E-state index is 12.2. The maximum Gasteiger partial charge on any atom is 0.270 e. The van der Waals surface area contributed by atoms with Crippen LogP contribution in [0.2, 0.25) is 0 Å². The molecule has 27 heavy (non-hydrogen) atoms. The Bertz CT molecular complexity index is 1020. The van der Waals surface area contributed by atoms with Gasteiger partial charge in [-0.3, -0.25) is 20.2 Å². The molecule has 0 spiro atoms. The molecule has 0 saturated heterocycles. The molecule has 0 aliphatic rings.